The molecule has 1 aromatic heterocycles. The molecule has 0 amide bonds. The van der Waals surface area contributed by atoms with E-state index < -0.39 is 0 Å². The van der Waals surface area contributed by atoms with Crippen LogP contribution >= 0.6 is 15.9 Å². The predicted molar refractivity (Wildman–Crippen MR) is 76.4 cm³/mol. The monoisotopic (exact) mass is 307 g/mol. The standard InChI is InChI=1S/C13H14BrN3O/c1-8(2)9-4-3-5-10(6-9)17-12-11(14)13(18)16-7-15-12/h3-8H,1-2H3,(H2,15,16,17,18). The highest BCUT2D eigenvalue weighted by Gasteiger charge is 2.06. The van der Waals surface area contributed by atoms with E-state index in [1.54, 1.807) is 0 Å². The second-order valence-electron chi connectivity index (χ2n) is 4.30. The Kier molecular flexibility index (Phi) is 3.81. The summed E-state index contributed by atoms with van der Waals surface area (Å²) in [6, 6.07) is 8.07. The van der Waals surface area contributed by atoms with Gasteiger partial charge in [0.1, 0.15) is 4.47 Å². The highest BCUT2D eigenvalue weighted by atomic mass is 79.9. The Morgan fingerprint density at radius 1 is 1.39 bits per heavy atom. The zero-order chi connectivity index (χ0) is 13.1. The first-order valence-corrected chi connectivity index (χ1v) is 6.47. The SMILES string of the molecule is CC(C)c1cccc(Nc2nc[nH]c(=O)c2Br)c1. The quantitative estimate of drug-likeness (QED) is 0.913. The van der Waals surface area contributed by atoms with Crippen LogP contribution in [0, 0.1) is 0 Å². The van der Waals surface area contributed by atoms with Crippen molar-refractivity contribution >= 4 is 27.4 Å². The zero-order valence-electron chi connectivity index (χ0n) is 10.2. The molecule has 0 saturated carbocycles. The number of aromatic nitrogens is 2. The summed E-state index contributed by atoms with van der Waals surface area (Å²) in [6.07, 6.45) is 1.38. The van der Waals surface area contributed by atoms with Crippen molar-refractivity contribution in [1.82, 2.24) is 9.97 Å². The molecule has 2 N–H and O–H groups in total. The minimum absolute atomic E-state index is 0.201. The van der Waals surface area contributed by atoms with Crippen molar-refractivity contribution < 1.29 is 0 Å². The number of anilines is 2. The van der Waals surface area contributed by atoms with Crippen LogP contribution in [0.3, 0.4) is 0 Å². The van der Waals surface area contributed by atoms with E-state index in [0.29, 0.717) is 16.2 Å². The van der Waals surface area contributed by atoms with Crippen molar-refractivity contribution in [3.8, 4) is 0 Å². The van der Waals surface area contributed by atoms with E-state index in [4.69, 9.17) is 0 Å². The molecule has 94 valence electrons. The van der Waals surface area contributed by atoms with Crippen molar-refractivity contribution in [2.45, 2.75) is 19.8 Å². The summed E-state index contributed by atoms with van der Waals surface area (Å²) in [5.74, 6) is 0.974. The first-order chi connectivity index (χ1) is 8.58. The Balaban J connectivity index is 2.31. The number of H-pyrrole nitrogens is 1. The topological polar surface area (TPSA) is 57.8 Å². The number of nitrogens with one attached hydrogen (secondary N) is 2. The van der Waals surface area contributed by atoms with E-state index >= 15 is 0 Å². The number of aromatic amines is 1. The molecule has 0 fully saturated rings. The zero-order valence-corrected chi connectivity index (χ0v) is 11.8. The second-order valence-corrected chi connectivity index (χ2v) is 5.09. The Morgan fingerprint density at radius 3 is 2.89 bits per heavy atom. The number of nitrogens with zero attached hydrogens (tertiary/aromatic N) is 1. The van der Waals surface area contributed by atoms with Crippen LogP contribution < -0.4 is 10.9 Å². The summed E-state index contributed by atoms with van der Waals surface area (Å²) in [5, 5.41) is 3.13. The number of rotatable bonds is 3. The maximum absolute atomic E-state index is 11.4. The van der Waals surface area contributed by atoms with Crippen LogP contribution in [0.25, 0.3) is 0 Å². The summed E-state index contributed by atoms with van der Waals surface area (Å²) in [6.45, 7) is 4.28. The van der Waals surface area contributed by atoms with Crippen molar-refractivity contribution in [3.63, 3.8) is 0 Å². The van der Waals surface area contributed by atoms with Crippen LogP contribution in [0.5, 0.6) is 0 Å². The molecule has 2 aromatic rings. The van der Waals surface area contributed by atoms with Crippen LogP contribution in [0.15, 0.2) is 39.9 Å². The maximum atomic E-state index is 11.4. The fraction of sp³-hybridized carbons (Fsp3) is 0.231. The fourth-order valence-electron chi connectivity index (χ4n) is 1.58. The van der Waals surface area contributed by atoms with Gasteiger partial charge in [0.05, 0.1) is 6.33 Å². The normalized spacial score (nSPS) is 10.7. The summed E-state index contributed by atoms with van der Waals surface area (Å²) in [7, 11) is 0. The number of hydrogen-bond acceptors (Lipinski definition) is 3. The molecule has 0 radical (unpaired) electrons. The van der Waals surface area contributed by atoms with Gasteiger partial charge in [0.25, 0.3) is 5.56 Å². The van der Waals surface area contributed by atoms with Crippen LogP contribution in [-0.4, -0.2) is 9.97 Å². The third-order valence-corrected chi connectivity index (χ3v) is 3.35. The Hall–Kier alpha value is -1.62. The van der Waals surface area contributed by atoms with Crippen LogP contribution in [0.4, 0.5) is 11.5 Å². The lowest BCUT2D eigenvalue weighted by molar-refractivity contribution is 0.867. The lowest BCUT2D eigenvalue weighted by Gasteiger charge is -2.10. The van der Waals surface area contributed by atoms with Gasteiger partial charge in [0.15, 0.2) is 5.82 Å². The molecule has 1 heterocycles. The van der Waals surface area contributed by atoms with Crippen molar-refractivity contribution in [2.24, 2.45) is 0 Å². The molecule has 0 spiro atoms. The molecule has 0 aliphatic rings. The summed E-state index contributed by atoms with van der Waals surface area (Å²) in [4.78, 5) is 18.0. The van der Waals surface area contributed by atoms with Gasteiger partial charge in [-0.25, -0.2) is 4.98 Å². The summed E-state index contributed by atoms with van der Waals surface area (Å²) in [5.41, 5.74) is 1.95. The van der Waals surface area contributed by atoms with Crippen LogP contribution in [0.1, 0.15) is 25.3 Å². The van der Waals surface area contributed by atoms with Gasteiger partial charge in [0.2, 0.25) is 0 Å². The lowest BCUT2D eigenvalue weighted by Crippen LogP contribution is -2.10. The van der Waals surface area contributed by atoms with Gasteiger partial charge >= 0.3 is 0 Å². The van der Waals surface area contributed by atoms with Gasteiger partial charge in [-0.1, -0.05) is 26.0 Å². The number of hydrogen-bond donors (Lipinski definition) is 2. The lowest BCUT2D eigenvalue weighted by atomic mass is 10.0. The first kappa shape index (κ1) is 12.8. The molecular formula is C13H14BrN3O. The van der Waals surface area contributed by atoms with E-state index in [1.165, 1.54) is 11.9 Å². The van der Waals surface area contributed by atoms with Gasteiger partial charge in [-0.05, 0) is 39.5 Å². The number of halogens is 1. The van der Waals surface area contributed by atoms with Crippen LogP contribution in [0.2, 0.25) is 0 Å². The number of benzene rings is 1. The molecule has 18 heavy (non-hydrogen) atoms. The fourth-order valence-corrected chi connectivity index (χ4v) is 1.90. The van der Waals surface area contributed by atoms with E-state index in [9.17, 15) is 4.79 Å². The molecule has 0 saturated heterocycles. The van der Waals surface area contributed by atoms with Crippen LogP contribution in [-0.2, 0) is 0 Å². The molecule has 5 heteroatoms. The van der Waals surface area contributed by atoms with Gasteiger partial charge in [-0.3, -0.25) is 4.79 Å². The van der Waals surface area contributed by atoms with Crippen molar-refractivity contribution in [1.29, 1.82) is 0 Å². The molecule has 0 aliphatic carbocycles. The molecular weight excluding hydrogens is 294 g/mol. The second kappa shape index (κ2) is 5.35. The van der Waals surface area contributed by atoms with Crippen molar-refractivity contribution in [2.75, 3.05) is 5.32 Å². The van der Waals surface area contributed by atoms with E-state index in [0.717, 1.165) is 5.69 Å². The smallest absolute Gasteiger partial charge is 0.267 e. The first-order valence-electron chi connectivity index (χ1n) is 5.68. The molecule has 0 aliphatic heterocycles. The average molecular weight is 308 g/mol. The minimum atomic E-state index is -0.201. The summed E-state index contributed by atoms with van der Waals surface area (Å²) < 4.78 is 0.403. The Morgan fingerprint density at radius 2 is 2.17 bits per heavy atom. The molecule has 2 rings (SSSR count). The van der Waals surface area contributed by atoms with Gasteiger partial charge in [-0.15, -0.1) is 0 Å². The predicted octanol–water partition coefficient (Wildman–Crippen LogP) is 3.40. The van der Waals surface area contributed by atoms with E-state index in [-0.39, 0.29) is 5.56 Å². The largest absolute Gasteiger partial charge is 0.339 e. The Bertz CT molecular complexity index is 607. The van der Waals surface area contributed by atoms with Gasteiger partial charge in [-0.2, -0.15) is 0 Å². The molecule has 0 bridgehead atoms. The molecule has 0 unspecified atom stereocenters. The minimum Gasteiger partial charge on any atom is -0.339 e. The van der Waals surface area contributed by atoms with Gasteiger partial charge < -0.3 is 10.3 Å². The highest BCUT2D eigenvalue weighted by molar-refractivity contribution is 9.10. The van der Waals surface area contributed by atoms with Gasteiger partial charge in [0, 0.05) is 5.69 Å². The highest BCUT2D eigenvalue weighted by Crippen LogP contribution is 2.23. The van der Waals surface area contributed by atoms with Crippen molar-refractivity contribution in [3.05, 3.63) is 51.0 Å². The maximum Gasteiger partial charge on any atom is 0.267 e. The molecule has 0 atom stereocenters. The average Bonchev–Trinajstić information content (AvgIpc) is 2.35. The molecule has 1 aromatic carbocycles. The third-order valence-electron chi connectivity index (χ3n) is 2.61. The van der Waals surface area contributed by atoms with E-state index in [2.05, 4.69) is 57.2 Å². The summed E-state index contributed by atoms with van der Waals surface area (Å²) >= 11 is 3.22. The Labute approximate surface area is 114 Å². The third kappa shape index (κ3) is 2.79. The van der Waals surface area contributed by atoms with E-state index in [1.807, 2.05) is 12.1 Å². The molecule has 4 nitrogen and oxygen atoms in total.